The number of hydrogen-bond acceptors (Lipinski definition) is 3. The number of hydrogen-bond donors (Lipinski definition) is 2. The van der Waals surface area contributed by atoms with Crippen molar-refractivity contribution in [2.45, 2.75) is 31.6 Å². The molecule has 0 saturated carbocycles. The largest absolute Gasteiger partial charge is 0.391 e. The summed E-state index contributed by atoms with van der Waals surface area (Å²) in [6.45, 7) is 1.80. The molecule has 11 heavy (non-hydrogen) atoms. The van der Waals surface area contributed by atoms with E-state index in [1.165, 1.54) is 4.67 Å². The van der Waals surface area contributed by atoms with E-state index in [0.717, 1.165) is 0 Å². The number of aliphatic hydroxyl groups is 2. The molecule has 1 saturated heterocycles. The van der Waals surface area contributed by atoms with E-state index in [2.05, 4.69) is 9.39 Å². The third kappa shape index (κ3) is 1.26. The van der Waals surface area contributed by atoms with Gasteiger partial charge in [0.05, 0.1) is 12.1 Å². The number of β-lactam (4-membered cyclic amide) rings is 1. The molecule has 0 aromatic rings. The van der Waals surface area contributed by atoms with Gasteiger partial charge in [0.25, 0.3) is 5.91 Å². The van der Waals surface area contributed by atoms with Gasteiger partial charge in [-0.1, -0.05) is 6.92 Å². The maximum atomic E-state index is 10.7. The first-order chi connectivity index (χ1) is 5.09. The van der Waals surface area contributed by atoms with Gasteiger partial charge in [-0.15, -0.1) is 0 Å². The first-order valence-corrected chi connectivity index (χ1v) is 4.05. The Hall–Kier alpha value is -0.180. The van der Waals surface area contributed by atoms with Gasteiger partial charge in [0, 0.05) is 0 Å². The predicted octanol–water partition coefficient (Wildman–Crippen LogP) is -0.881. The molecule has 4 nitrogen and oxygen atoms in total. The van der Waals surface area contributed by atoms with Gasteiger partial charge in [0.2, 0.25) is 0 Å². The molecule has 0 bridgehead atoms. The minimum Gasteiger partial charge on any atom is -0.391 e. The van der Waals surface area contributed by atoms with Crippen LogP contribution in [0.5, 0.6) is 0 Å². The van der Waals surface area contributed by atoms with Gasteiger partial charge >= 0.3 is 0 Å². The van der Waals surface area contributed by atoms with Crippen molar-refractivity contribution in [1.82, 2.24) is 4.67 Å². The molecule has 1 fully saturated rings. The van der Waals surface area contributed by atoms with E-state index in [4.69, 9.17) is 5.11 Å². The molecule has 0 spiro atoms. The second-order valence-corrected chi connectivity index (χ2v) is 3.21. The number of carbonyl (C=O) groups is 1. The fraction of sp³-hybridized carbons (Fsp3) is 0.833. The van der Waals surface area contributed by atoms with Crippen LogP contribution in [-0.4, -0.2) is 39.0 Å². The summed E-state index contributed by atoms with van der Waals surface area (Å²) in [5, 5.41) is 18.4. The molecule has 1 heterocycles. The van der Waals surface area contributed by atoms with E-state index in [9.17, 15) is 9.90 Å². The van der Waals surface area contributed by atoms with Crippen molar-refractivity contribution in [2.75, 3.05) is 0 Å². The van der Waals surface area contributed by atoms with Crippen LogP contribution in [0.3, 0.4) is 0 Å². The molecule has 1 rings (SSSR count). The molecule has 1 aliphatic heterocycles. The Morgan fingerprint density at radius 1 is 1.82 bits per heavy atom. The van der Waals surface area contributed by atoms with Crippen LogP contribution >= 0.6 is 9.39 Å². The highest BCUT2D eigenvalue weighted by atomic mass is 31.0. The average Bonchev–Trinajstić information content (AvgIpc) is 2.04. The predicted molar refractivity (Wildman–Crippen MR) is 42.6 cm³/mol. The van der Waals surface area contributed by atoms with Crippen molar-refractivity contribution in [1.29, 1.82) is 0 Å². The molecule has 0 aromatic heterocycles. The minimum atomic E-state index is -1.01. The molecular weight excluding hydrogens is 165 g/mol. The van der Waals surface area contributed by atoms with Crippen molar-refractivity contribution >= 4 is 15.3 Å². The summed E-state index contributed by atoms with van der Waals surface area (Å²) in [4.78, 5) is 10.7. The van der Waals surface area contributed by atoms with Crippen molar-refractivity contribution in [3.8, 4) is 0 Å². The van der Waals surface area contributed by atoms with E-state index in [1.807, 2.05) is 0 Å². The Balaban J connectivity index is 2.55. The van der Waals surface area contributed by atoms with Gasteiger partial charge in [-0.05, 0) is 15.8 Å². The number of aliphatic hydroxyl groups excluding tert-OH is 2. The number of rotatable bonds is 2. The summed E-state index contributed by atoms with van der Waals surface area (Å²) in [6.07, 6.45) is -1.09. The first-order valence-electron chi connectivity index (χ1n) is 3.53. The summed E-state index contributed by atoms with van der Waals surface area (Å²) in [7, 11) is 2.18. The summed E-state index contributed by atoms with van der Waals surface area (Å²) in [5.41, 5.74) is 0. The van der Waals surface area contributed by atoms with Crippen LogP contribution in [0.4, 0.5) is 0 Å². The Morgan fingerprint density at radius 3 is 2.73 bits per heavy atom. The second-order valence-electron chi connectivity index (χ2n) is 2.66. The van der Waals surface area contributed by atoms with Gasteiger partial charge in [-0.3, -0.25) is 4.79 Å². The molecule has 0 radical (unpaired) electrons. The standard InChI is InChI=1S/C6H12NO3P/c1-2-3(8)4-5(9)6(10)7(4)11/h3-5,8-9H,2,11H2,1H3/t3?,4-,5+/m0/s1. The normalized spacial score (nSPS) is 33.5. The van der Waals surface area contributed by atoms with Crippen molar-refractivity contribution in [3.05, 3.63) is 0 Å². The van der Waals surface area contributed by atoms with Gasteiger partial charge in [-0.25, -0.2) is 0 Å². The topological polar surface area (TPSA) is 60.8 Å². The Bertz CT molecular complexity index is 163. The van der Waals surface area contributed by atoms with Gasteiger partial charge in [0.1, 0.15) is 0 Å². The van der Waals surface area contributed by atoms with Crippen molar-refractivity contribution in [3.63, 3.8) is 0 Å². The van der Waals surface area contributed by atoms with Crippen LogP contribution in [0.15, 0.2) is 0 Å². The Kier molecular flexibility index (Phi) is 2.47. The smallest absolute Gasteiger partial charge is 0.256 e. The molecular formula is C6H12NO3P. The van der Waals surface area contributed by atoms with Crippen LogP contribution in [0, 0.1) is 0 Å². The minimum absolute atomic E-state index is 0.340. The number of nitrogens with zero attached hydrogens (tertiary/aromatic N) is 1. The van der Waals surface area contributed by atoms with Crippen LogP contribution in [0.2, 0.25) is 0 Å². The van der Waals surface area contributed by atoms with E-state index >= 15 is 0 Å². The van der Waals surface area contributed by atoms with E-state index in [-0.39, 0.29) is 5.91 Å². The van der Waals surface area contributed by atoms with Gasteiger partial charge in [0.15, 0.2) is 6.10 Å². The zero-order valence-corrected chi connectivity index (χ0v) is 7.42. The average molecular weight is 177 g/mol. The molecule has 0 aromatic carbocycles. The van der Waals surface area contributed by atoms with Crippen molar-refractivity contribution in [2.24, 2.45) is 0 Å². The molecule has 4 atom stereocenters. The summed E-state index contributed by atoms with van der Waals surface area (Å²) < 4.78 is 1.29. The maximum absolute atomic E-state index is 10.7. The summed E-state index contributed by atoms with van der Waals surface area (Å²) >= 11 is 0. The zero-order chi connectivity index (χ0) is 8.59. The molecule has 1 amide bonds. The van der Waals surface area contributed by atoms with Crippen LogP contribution in [0.1, 0.15) is 13.3 Å². The maximum Gasteiger partial charge on any atom is 0.256 e. The van der Waals surface area contributed by atoms with E-state index < -0.39 is 18.2 Å². The molecule has 2 unspecified atom stereocenters. The molecule has 2 N–H and O–H groups in total. The molecule has 1 aliphatic rings. The van der Waals surface area contributed by atoms with Crippen molar-refractivity contribution < 1.29 is 15.0 Å². The number of amides is 1. The highest BCUT2D eigenvalue weighted by Crippen LogP contribution is 2.27. The lowest BCUT2D eigenvalue weighted by Gasteiger charge is -2.43. The fourth-order valence-corrected chi connectivity index (χ4v) is 1.67. The lowest BCUT2D eigenvalue weighted by molar-refractivity contribution is -0.162. The quantitative estimate of drug-likeness (QED) is 0.425. The highest BCUT2D eigenvalue weighted by Gasteiger charge is 2.47. The van der Waals surface area contributed by atoms with Crippen LogP contribution < -0.4 is 0 Å². The zero-order valence-electron chi connectivity index (χ0n) is 6.27. The van der Waals surface area contributed by atoms with E-state index in [1.54, 1.807) is 6.92 Å². The molecule has 64 valence electrons. The molecule has 5 heteroatoms. The first kappa shape index (κ1) is 8.91. The van der Waals surface area contributed by atoms with Gasteiger partial charge in [-0.2, -0.15) is 0 Å². The van der Waals surface area contributed by atoms with Crippen LogP contribution in [0.25, 0.3) is 0 Å². The Morgan fingerprint density at radius 2 is 2.36 bits per heavy atom. The highest BCUT2D eigenvalue weighted by molar-refractivity contribution is 7.15. The van der Waals surface area contributed by atoms with Crippen LogP contribution in [-0.2, 0) is 4.79 Å². The third-order valence-electron chi connectivity index (χ3n) is 1.96. The lowest BCUT2D eigenvalue weighted by atomic mass is 9.95. The Labute approximate surface area is 67.5 Å². The second kappa shape index (κ2) is 3.05. The number of carbonyl (C=O) groups excluding carboxylic acids is 1. The SMILES string of the molecule is CCC(O)[C@H]1[C@@H](O)C(=O)N1P. The summed E-state index contributed by atoms with van der Waals surface area (Å²) in [6, 6.07) is -0.433. The molecule has 0 aliphatic carbocycles. The fourth-order valence-electron chi connectivity index (χ4n) is 1.15. The van der Waals surface area contributed by atoms with Gasteiger partial charge < -0.3 is 14.9 Å². The lowest BCUT2D eigenvalue weighted by Crippen LogP contribution is -2.64. The van der Waals surface area contributed by atoms with E-state index in [0.29, 0.717) is 6.42 Å². The third-order valence-corrected chi connectivity index (χ3v) is 2.56. The monoisotopic (exact) mass is 177 g/mol. The summed E-state index contributed by atoms with van der Waals surface area (Å²) in [5.74, 6) is -0.340.